The molecule has 0 aromatic heterocycles. The summed E-state index contributed by atoms with van der Waals surface area (Å²) in [5.41, 5.74) is 2.09. The Kier molecular flexibility index (Phi) is 3.81. The van der Waals surface area contributed by atoms with Crippen LogP contribution in [0.3, 0.4) is 0 Å². The normalized spacial score (nSPS) is 10.4. The van der Waals surface area contributed by atoms with Crippen LogP contribution in [-0.2, 0) is 4.79 Å². The molecule has 0 spiro atoms. The molecule has 2 aromatic rings. The van der Waals surface area contributed by atoms with Crippen LogP contribution in [0.2, 0.25) is 0 Å². The molecular formula is C15H15NO2S. The molecule has 2 aromatic carbocycles. The Labute approximate surface area is 117 Å². The average molecular weight is 273 g/mol. The van der Waals surface area contributed by atoms with Gasteiger partial charge in [-0.25, -0.2) is 0 Å². The number of carbonyl (C=O) groups is 1. The third kappa shape index (κ3) is 2.74. The predicted octanol–water partition coefficient (Wildman–Crippen LogP) is 2.84. The molecule has 3 nitrogen and oxygen atoms in total. The van der Waals surface area contributed by atoms with Crippen LogP contribution < -0.4 is 0 Å². The van der Waals surface area contributed by atoms with Gasteiger partial charge in [0.25, 0.3) is 0 Å². The van der Waals surface area contributed by atoms with Gasteiger partial charge in [0.1, 0.15) is 11.5 Å². The van der Waals surface area contributed by atoms with Crippen molar-refractivity contribution in [3.8, 4) is 0 Å². The first kappa shape index (κ1) is 13.5. The van der Waals surface area contributed by atoms with Crippen molar-refractivity contribution in [2.75, 3.05) is 13.6 Å². The number of nitrogens with zero attached hydrogens (tertiary/aromatic N) is 1. The first-order valence-electron chi connectivity index (χ1n) is 5.96. The number of likely N-dealkylation sites (N-methyl/N-ethyl adjacent to an activating group) is 1. The highest BCUT2D eigenvalue weighted by atomic mass is 32.1. The zero-order valence-corrected chi connectivity index (χ0v) is 11.7. The first-order valence-corrected chi connectivity index (χ1v) is 6.37. The number of carboxylic acid groups (broad SMARTS) is 1. The molecule has 0 heterocycles. The number of fused-ring (bicyclic) bond motifs is 1. The van der Waals surface area contributed by atoms with E-state index in [9.17, 15) is 4.79 Å². The van der Waals surface area contributed by atoms with Crippen LogP contribution in [0.4, 0.5) is 0 Å². The Morgan fingerprint density at radius 1 is 1.21 bits per heavy atom. The summed E-state index contributed by atoms with van der Waals surface area (Å²) in [5.74, 6) is -0.888. The highest BCUT2D eigenvalue weighted by Gasteiger charge is 2.13. The summed E-state index contributed by atoms with van der Waals surface area (Å²) in [6.07, 6.45) is 0. The second-order valence-electron chi connectivity index (χ2n) is 4.53. The number of benzene rings is 2. The van der Waals surface area contributed by atoms with Gasteiger partial charge >= 0.3 is 5.97 Å². The molecule has 0 atom stereocenters. The third-order valence-corrected chi connectivity index (χ3v) is 3.62. The molecule has 0 aliphatic heterocycles. The maximum atomic E-state index is 10.8. The number of rotatable bonds is 3. The molecule has 0 aliphatic rings. The lowest BCUT2D eigenvalue weighted by Crippen LogP contribution is -2.31. The van der Waals surface area contributed by atoms with Crippen LogP contribution in [0.15, 0.2) is 36.4 Å². The fraction of sp³-hybridized carbons (Fsp3) is 0.200. The van der Waals surface area contributed by atoms with Crippen LogP contribution in [0.5, 0.6) is 0 Å². The zero-order chi connectivity index (χ0) is 14.0. The Bertz CT molecular complexity index is 652. The molecule has 98 valence electrons. The van der Waals surface area contributed by atoms with Gasteiger partial charge in [0.15, 0.2) is 0 Å². The van der Waals surface area contributed by atoms with Gasteiger partial charge in [-0.05, 0) is 23.3 Å². The molecule has 4 heteroatoms. The van der Waals surface area contributed by atoms with Gasteiger partial charge in [-0.2, -0.15) is 0 Å². The Morgan fingerprint density at radius 3 is 2.53 bits per heavy atom. The molecule has 0 aliphatic carbocycles. The largest absolute Gasteiger partial charge is 0.480 e. The molecule has 0 saturated heterocycles. The highest BCUT2D eigenvalue weighted by Crippen LogP contribution is 2.23. The fourth-order valence-electron chi connectivity index (χ4n) is 2.13. The van der Waals surface area contributed by atoms with E-state index in [0.29, 0.717) is 4.99 Å². The van der Waals surface area contributed by atoms with E-state index in [0.717, 1.165) is 16.3 Å². The van der Waals surface area contributed by atoms with E-state index >= 15 is 0 Å². The number of thiocarbonyl (C=S) groups is 1. The van der Waals surface area contributed by atoms with E-state index < -0.39 is 5.97 Å². The lowest BCUT2D eigenvalue weighted by molar-refractivity contribution is -0.137. The maximum absolute atomic E-state index is 10.8. The highest BCUT2D eigenvalue weighted by molar-refractivity contribution is 7.80. The number of aliphatic carboxylic acids is 1. The van der Waals surface area contributed by atoms with Gasteiger partial charge in [0.2, 0.25) is 0 Å². The molecule has 1 N–H and O–H groups in total. The zero-order valence-electron chi connectivity index (χ0n) is 10.9. The van der Waals surface area contributed by atoms with Crippen molar-refractivity contribution in [2.24, 2.45) is 0 Å². The molecule has 2 rings (SSSR count). The van der Waals surface area contributed by atoms with Crippen molar-refractivity contribution < 1.29 is 9.90 Å². The van der Waals surface area contributed by atoms with Crippen molar-refractivity contribution in [3.63, 3.8) is 0 Å². The Balaban J connectivity index is 2.48. The van der Waals surface area contributed by atoms with Gasteiger partial charge < -0.3 is 10.0 Å². The van der Waals surface area contributed by atoms with Crippen molar-refractivity contribution >= 4 is 33.9 Å². The van der Waals surface area contributed by atoms with E-state index in [1.165, 1.54) is 5.56 Å². The number of aryl methyl sites for hydroxylation is 1. The number of hydrogen-bond donors (Lipinski definition) is 1. The van der Waals surface area contributed by atoms with Crippen molar-refractivity contribution in [1.82, 2.24) is 4.90 Å². The molecule has 0 saturated carbocycles. The lowest BCUT2D eigenvalue weighted by Gasteiger charge is -2.19. The SMILES string of the molecule is Cc1cccc2c(C(=S)N(C)CC(=O)O)cccc12. The number of carboxylic acids is 1. The molecule has 0 unspecified atom stereocenters. The Hall–Kier alpha value is -1.94. The monoisotopic (exact) mass is 273 g/mol. The summed E-state index contributed by atoms with van der Waals surface area (Å²) in [7, 11) is 1.70. The van der Waals surface area contributed by atoms with Gasteiger partial charge in [0, 0.05) is 12.6 Å². The van der Waals surface area contributed by atoms with Crippen molar-refractivity contribution in [3.05, 3.63) is 47.5 Å². The molecular weight excluding hydrogens is 258 g/mol. The van der Waals surface area contributed by atoms with Crippen LogP contribution in [0, 0.1) is 6.92 Å². The number of hydrogen-bond acceptors (Lipinski definition) is 2. The third-order valence-electron chi connectivity index (χ3n) is 3.09. The van der Waals surface area contributed by atoms with Crippen LogP contribution in [0.1, 0.15) is 11.1 Å². The molecule has 0 radical (unpaired) electrons. The molecule has 0 amide bonds. The summed E-state index contributed by atoms with van der Waals surface area (Å²) < 4.78 is 0. The van der Waals surface area contributed by atoms with Crippen LogP contribution in [-0.4, -0.2) is 34.6 Å². The topological polar surface area (TPSA) is 40.5 Å². The second kappa shape index (κ2) is 5.36. The first-order chi connectivity index (χ1) is 9.00. The molecule has 0 bridgehead atoms. The summed E-state index contributed by atoms with van der Waals surface area (Å²) in [5, 5.41) is 11.0. The standard InChI is InChI=1S/C15H15NO2S/c1-10-5-3-7-12-11(10)6-4-8-13(12)15(19)16(2)9-14(17)18/h3-8H,9H2,1-2H3,(H,17,18). The second-order valence-corrected chi connectivity index (χ2v) is 4.92. The summed E-state index contributed by atoms with van der Waals surface area (Å²) in [6, 6.07) is 12.0. The predicted molar refractivity (Wildman–Crippen MR) is 80.7 cm³/mol. The van der Waals surface area contributed by atoms with E-state index in [1.807, 2.05) is 30.3 Å². The van der Waals surface area contributed by atoms with E-state index in [-0.39, 0.29) is 6.54 Å². The lowest BCUT2D eigenvalue weighted by atomic mass is 10.0. The van der Waals surface area contributed by atoms with E-state index in [1.54, 1.807) is 11.9 Å². The van der Waals surface area contributed by atoms with Gasteiger partial charge in [-0.3, -0.25) is 4.79 Å². The summed E-state index contributed by atoms with van der Waals surface area (Å²) in [4.78, 5) is 12.9. The molecule has 19 heavy (non-hydrogen) atoms. The maximum Gasteiger partial charge on any atom is 0.323 e. The van der Waals surface area contributed by atoms with E-state index in [2.05, 4.69) is 13.0 Å². The van der Waals surface area contributed by atoms with Gasteiger partial charge in [-0.15, -0.1) is 0 Å². The van der Waals surface area contributed by atoms with Crippen molar-refractivity contribution in [1.29, 1.82) is 0 Å². The van der Waals surface area contributed by atoms with Gasteiger partial charge in [0.05, 0.1) is 0 Å². The minimum atomic E-state index is -0.888. The van der Waals surface area contributed by atoms with Gasteiger partial charge in [-0.1, -0.05) is 48.6 Å². The molecule has 0 fully saturated rings. The summed E-state index contributed by atoms with van der Waals surface area (Å²) in [6.45, 7) is 1.96. The summed E-state index contributed by atoms with van der Waals surface area (Å²) >= 11 is 5.39. The van der Waals surface area contributed by atoms with Crippen LogP contribution >= 0.6 is 12.2 Å². The minimum Gasteiger partial charge on any atom is -0.480 e. The fourth-order valence-corrected chi connectivity index (χ4v) is 2.38. The van der Waals surface area contributed by atoms with Crippen molar-refractivity contribution in [2.45, 2.75) is 6.92 Å². The minimum absolute atomic E-state index is 0.0962. The average Bonchev–Trinajstić information content (AvgIpc) is 2.37. The smallest absolute Gasteiger partial charge is 0.323 e. The van der Waals surface area contributed by atoms with E-state index in [4.69, 9.17) is 17.3 Å². The Morgan fingerprint density at radius 2 is 1.84 bits per heavy atom. The quantitative estimate of drug-likeness (QED) is 0.873. The van der Waals surface area contributed by atoms with Crippen LogP contribution in [0.25, 0.3) is 10.8 Å².